The monoisotopic (exact) mass is 685 g/mol. The number of carbonyl (C=O) groups excluding carboxylic acids is 3. The van der Waals surface area contributed by atoms with Gasteiger partial charge < -0.3 is 15.2 Å². The fourth-order valence-electron chi connectivity index (χ4n) is 13.7. The van der Waals surface area contributed by atoms with Crippen LogP contribution in [0.2, 0.25) is 0 Å². The van der Waals surface area contributed by atoms with Gasteiger partial charge in [-0.25, -0.2) is 0 Å². The van der Waals surface area contributed by atoms with E-state index in [1.54, 1.807) is 13.8 Å². The molecule has 272 valence electrons. The van der Waals surface area contributed by atoms with E-state index < -0.39 is 22.9 Å². The highest BCUT2D eigenvalue weighted by Gasteiger charge is 2.85. The summed E-state index contributed by atoms with van der Waals surface area (Å²) in [5, 5.41) is 13.1. The fourth-order valence-corrected chi connectivity index (χ4v) is 13.7. The van der Waals surface area contributed by atoms with Crippen molar-refractivity contribution in [3.05, 3.63) is 47.0 Å². The van der Waals surface area contributed by atoms with Crippen molar-refractivity contribution in [1.29, 1.82) is 0 Å². The average molecular weight is 686 g/mol. The normalized spacial score (nSPS) is 43.2. The van der Waals surface area contributed by atoms with E-state index in [2.05, 4.69) is 53.8 Å². The quantitative estimate of drug-likeness (QED) is 0.278. The standard InChI is InChI=1S/C43H59NO6/c1-26(2)32-29(45)23-42(44-34(47)27-13-11-10-12-14-27)21-19-37(5)28(33(32)42)15-17-40(8)39(37,7)20-22-43-25-38(43,6)30(16-18-41(40,43)9)50-31(46)24-36(3,4)35(48)49/h10-14,26,28,30H,15-25H2,1-9H3,(H,44,47)(H,48,49)/t28?,30-,37+,38?,39?,40-,41+,42+,43+/m0/s1. The first-order valence-corrected chi connectivity index (χ1v) is 19.3. The van der Waals surface area contributed by atoms with Gasteiger partial charge in [-0.15, -0.1) is 0 Å². The summed E-state index contributed by atoms with van der Waals surface area (Å²) in [7, 11) is 0. The van der Waals surface area contributed by atoms with Crippen LogP contribution in [-0.4, -0.2) is 40.4 Å². The maximum absolute atomic E-state index is 14.0. The Labute approximate surface area is 298 Å². The second kappa shape index (κ2) is 10.8. The molecule has 0 bridgehead atoms. The second-order valence-corrected chi connectivity index (χ2v) is 19.5. The number of hydrogen-bond donors (Lipinski definition) is 2. The van der Waals surface area contributed by atoms with Crippen LogP contribution in [0.5, 0.6) is 0 Å². The number of nitrogens with one attached hydrogen (secondary N) is 1. The predicted octanol–water partition coefficient (Wildman–Crippen LogP) is 8.71. The van der Waals surface area contributed by atoms with E-state index >= 15 is 0 Å². The topological polar surface area (TPSA) is 110 Å². The van der Waals surface area contributed by atoms with Gasteiger partial charge in [0.15, 0.2) is 5.78 Å². The van der Waals surface area contributed by atoms with Gasteiger partial charge in [-0.05, 0) is 134 Å². The summed E-state index contributed by atoms with van der Waals surface area (Å²) in [4.78, 5) is 52.6. The van der Waals surface area contributed by atoms with E-state index in [4.69, 9.17) is 4.74 Å². The largest absolute Gasteiger partial charge is 0.481 e. The minimum absolute atomic E-state index is 0.00221. The summed E-state index contributed by atoms with van der Waals surface area (Å²) in [6.07, 6.45) is 8.79. The molecule has 0 radical (unpaired) electrons. The molecule has 6 aliphatic carbocycles. The first kappa shape index (κ1) is 35.4. The molecular formula is C43H59NO6. The van der Waals surface area contributed by atoms with Crippen LogP contribution in [0.4, 0.5) is 0 Å². The number of carboxylic acids is 1. The third-order valence-corrected chi connectivity index (χ3v) is 17.2. The Kier molecular flexibility index (Phi) is 7.65. The minimum Gasteiger partial charge on any atom is -0.481 e. The Bertz CT molecular complexity index is 1700. The molecule has 5 saturated carbocycles. The van der Waals surface area contributed by atoms with E-state index in [0.29, 0.717) is 12.0 Å². The van der Waals surface area contributed by atoms with Crippen molar-refractivity contribution in [2.24, 2.45) is 49.7 Å². The van der Waals surface area contributed by atoms with Crippen LogP contribution in [0.25, 0.3) is 0 Å². The molecule has 1 aromatic rings. The highest BCUT2D eigenvalue weighted by atomic mass is 16.5. The van der Waals surface area contributed by atoms with Crippen LogP contribution in [0, 0.1) is 49.7 Å². The second-order valence-electron chi connectivity index (χ2n) is 19.5. The molecule has 0 heterocycles. The highest BCUT2D eigenvalue weighted by Crippen LogP contribution is 2.90. The Morgan fingerprint density at radius 3 is 2.18 bits per heavy atom. The van der Waals surface area contributed by atoms with Gasteiger partial charge >= 0.3 is 11.9 Å². The lowest BCUT2D eigenvalue weighted by molar-refractivity contribution is -0.266. The van der Waals surface area contributed by atoms with Gasteiger partial charge in [0, 0.05) is 17.4 Å². The van der Waals surface area contributed by atoms with Crippen LogP contribution >= 0.6 is 0 Å². The molecule has 7 nitrogen and oxygen atoms in total. The van der Waals surface area contributed by atoms with E-state index in [0.717, 1.165) is 63.4 Å². The molecule has 0 aromatic heterocycles. The smallest absolute Gasteiger partial charge is 0.309 e. The molecule has 3 unspecified atom stereocenters. The van der Waals surface area contributed by atoms with Gasteiger partial charge in [0.05, 0.1) is 17.4 Å². The Balaban J connectivity index is 1.22. The summed E-state index contributed by atoms with van der Waals surface area (Å²) in [5.41, 5.74) is 0.983. The molecular weight excluding hydrogens is 626 g/mol. The third-order valence-electron chi connectivity index (χ3n) is 17.2. The lowest BCUT2D eigenvalue weighted by Gasteiger charge is -2.76. The Morgan fingerprint density at radius 2 is 1.54 bits per heavy atom. The van der Waals surface area contributed by atoms with E-state index in [1.165, 1.54) is 5.57 Å². The number of fused-ring (bicyclic) bond motifs is 6. The first-order chi connectivity index (χ1) is 23.2. The molecule has 1 aromatic carbocycles. The third kappa shape index (κ3) is 4.27. The van der Waals surface area contributed by atoms with Gasteiger partial charge in [-0.3, -0.25) is 19.2 Å². The number of ketones is 1. The lowest BCUT2D eigenvalue weighted by atomic mass is 9.29. The molecule has 0 saturated heterocycles. The highest BCUT2D eigenvalue weighted by molar-refractivity contribution is 6.03. The number of ether oxygens (including phenoxy) is 1. The van der Waals surface area contributed by atoms with Crippen molar-refractivity contribution < 1.29 is 29.0 Å². The number of esters is 1. The number of Topliss-reactive ketones (excluding diaryl/α,β-unsaturated/α-hetero) is 1. The number of amides is 1. The summed E-state index contributed by atoms with van der Waals surface area (Å²) < 4.78 is 6.21. The molecule has 5 fully saturated rings. The zero-order valence-electron chi connectivity index (χ0n) is 31.9. The SMILES string of the molecule is CC(C)C1=C2C3CC[C@@]4(C)C(C)(CC[C@@]56CC5(C)[C@@H](OC(=O)CC(C)(C)C(=O)O)CC[C@@]64C)[C@]3(C)CC[C@@]2(NC(=O)c2ccccc2)CC1=O. The molecule has 7 rings (SSSR count). The van der Waals surface area contributed by atoms with Crippen LogP contribution in [0.15, 0.2) is 41.5 Å². The molecule has 1 spiro atoms. The fraction of sp³-hybridized carbons (Fsp3) is 0.721. The van der Waals surface area contributed by atoms with Gasteiger partial charge in [0.1, 0.15) is 6.10 Å². The first-order valence-electron chi connectivity index (χ1n) is 19.3. The maximum Gasteiger partial charge on any atom is 0.309 e. The molecule has 50 heavy (non-hydrogen) atoms. The number of rotatable bonds is 7. The van der Waals surface area contributed by atoms with Crippen LogP contribution in [0.3, 0.4) is 0 Å². The van der Waals surface area contributed by atoms with Crippen molar-refractivity contribution >= 4 is 23.6 Å². The average Bonchev–Trinajstić information content (AvgIpc) is 3.58. The van der Waals surface area contributed by atoms with Crippen molar-refractivity contribution in [1.82, 2.24) is 5.32 Å². The van der Waals surface area contributed by atoms with Crippen LogP contribution in [-0.2, 0) is 19.1 Å². The van der Waals surface area contributed by atoms with Gasteiger partial charge in [0.2, 0.25) is 0 Å². The van der Waals surface area contributed by atoms with E-state index in [9.17, 15) is 24.3 Å². The van der Waals surface area contributed by atoms with Crippen LogP contribution < -0.4 is 5.32 Å². The lowest BCUT2D eigenvalue weighted by Crippen LogP contribution is -2.70. The van der Waals surface area contributed by atoms with Gasteiger partial charge in [-0.1, -0.05) is 66.7 Å². The number of aliphatic carboxylic acids is 1. The summed E-state index contributed by atoms with van der Waals surface area (Å²) in [6.45, 7) is 20.0. The molecule has 7 heteroatoms. The van der Waals surface area contributed by atoms with Crippen molar-refractivity contribution in [2.75, 3.05) is 0 Å². The van der Waals surface area contributed by atoms with Crippen LogP contribution in [0.1, 0.15) is 143 Å². The predicted molar refractivity (Wildman–Crippen MR) is 192 cm³/mol. The number of allylic oxidation sites excluding steroid dienone is 1. The minimum atomic E-state index is -1.16. The molecule has 2 N–H and O–H groups in total. The number of hydrogen-bond acceptors (Lipinski definition) is 5. The van der Waals surface area contributed by atoms with Crippen molar-refractivity contribution in [3.63, 3.8) is 0 Å². The number of benzene rings is 1. The van der Waals surface area contributed by atoms with E-state index in [1.807, 2.05) is 30.3 Å². The van der Waals surface area contributed by atoms with Crippen molar-refractivity contribution in [2.45, 2.75) is 145 Å². The molecule has 6 aliphatic rings. The van der Waals surface area contributed by atoms with Gasteiger partial charge in [-0.2, -0.15) is 0 Å². The Hall–Kier alpha value is -2.96. The zero-order chi connectivity index (χ0) is 36.5. The zero-order valence-corrected chi connectivity index (χ0v) is 31.9. The molecule has 0 aliphatic heterocycles. The number of carbonyl (C=O) groups is 4. The van der Waals surface area contributed by atoms with Crippen molar-refractivity contribution in [3.8, 4) is 0 Å². The Morgan fingerprint density at radius 1 is 0.880 bits per heavy atom. The molecule has 9 atom stereocenters. The number of carboxylic acid groups (broad SMARTS) is 1. The van der Waals surface area contributed by atoms with E-state index in [-0.39, 0.29) is 68.5 Å². The molecule has 1 amide bonds. The summed E-state index contributed by atoms with van der Waals surface area (Å²) in [5.74, 6) is -0.976. The summed E-state index contributed by atoms with van der Waals surface area (Å²) in [6, 6.07) is 9.41. The maximum atomic E-state index is 14.0. The summed E-state index contributed by atoms with van der Waals surface area (Å²) >= 11 is 0. The van der Waals surface area contributed by atoms with Gasteiger partial charge in [0.25, 0.3) is 5.91 Å².